The smallest absolute Gasteiger partial charge is 0.305 e. The summed E-state index contributed by atoms with van der Waals surface area (Å²) in [6.07, 6.45) is 6.94. The van der Waals surface area contributed by atoms with E-state index in [9.17, 15) is 9.90 Å². The van der Waals surface area contributed by atoms with Gasteiger partial charge in [0.15, 0.2) is 0 Å². The molecule has 2 aliphatic rings. The number of carbonyl (C=O) groups excluding carboxylic acids is 1. The lowest BCUT2D eigenvalue weighted by molar-refractivity contribution is -0.141. The molecule has 0 unspecified atom stereocenters. The number of ether oxygens (including phenoxy) is 1. The van der Waals surface area contributed by atoms with Gasteiger partial charge in [-0.2, -0.15) is 0 Å². The van der Waals surface area contributed by atoms with Gasteiger partial charge in [-0.3, -0.25) is 9.69 Å². The summed E-state index contributed by atoms with van der Waals surface area (Å²) in [6, 6.07) is 19.0. The number of nitrogens with zero attached hydrogens (tertiary/aromatic N) is 1. The Morgan fingerprint density at radius 3 is 2.77 bits per heavy atom. The number of carbonyl (C=O) groups is 1. The molecule has 3 atom stereocenters. The third-order valence-electron chi connectivity index (χ3n) is 7.45. The maximum absolute atomic E-state index is 12.0. The van der Waals surface area contributed by atoms with Crippen LogP contribution in [0.3, 0.4) is 0 Å². The Balaban J connectivity index is 1.59. The fourth-order valence-corrected chi connectivity index (χ4v) is 6.00. The van der Waals surface area contributed by atoms with Crippen molar-refractivity contribution in [3.63, 3.8) is 0 Å². The number of phenols is 1. The molecule has 1 saturated heterocycles. The number of esters is 1. The third kappa shape index (κ3) is 4.24. The first-order chi connectivity index (χ1) is 14.6. The van der Waals surface area contributed by atoms with Crippen molar-refractivity contribution in [2.45, 2.75) is 56.4 Å². The van der Waals surface area contributed by atoms with Crippen molar-refractivity contribution in [3.05, 3.63) is 65.7 Å². The molecule has 0 aromatic heterocycles. The van der Waals surface area contributed by atoms with E-state index in [0.717, 1.165) is 38.8 Å². The van der Waals surface area contributed by atoms with E-state index in [4.69, 9.17) is 4.74 Å². The first kappa shape index (κ1) is 20.9. The number of hydrogen-bond donors (Lipinski definition) is 1. The highest BCUT2D eigenvalue weighted by Gasteiger charge is 2.51. The lowest BCUT2D eigenvalue weighted by Gasteiger charge is -2.57. The second-order valence-electron chi connectivity index (χ2n) is 8.91. The number of aromatic hydroxyl groups is 1. The van der Waals surface area contributed by atoms with Crippen LogP contribution in [-0.2, 0) is 21.4 Å². The molecular weight excluding hydrogens is 374 g/mol. The second kappa shape index (κ2) is 9.22. The quantitative estimate of drug-likeness (QED) is 0.676. The van der Waals surface area contributed by atoms with Crippen LogP contribution in [0.25, 0.3) is 0 Å². The highest BCUT2D eigenvalue weighted by atomic mass is 16.5. The predicted octanol–water partition coefficient (Wildman–Crippen LogP) is 4.70. The Labute approximate surface area is 179 Å². The summed E-state index contributed by atoms with van der Waals surface area (Å²) in [4.78, 5) is 14.6. The molecule has 2 aromatic rings. The van der Waals surface area contributed by atoms with E-state index in [2.05, 4.69) is 41.3 Å². The van der Waals surface area contributed by atoms with E-state index < -0.39 is 0 Å². The van der Waals surface area contributed by atoms with Crippen LogP contribution < -0.4 is 0 Å². The van der Waals surface area contributed by atoms with Crippen molar-refractivity contribution in [2.24, 2.45) is 5.92 Å². The fraction of sp³-hybridized carbons (Fsp3) is 0.500. The van der Waals surface area contributed by atoms with Gasteiger partial charge < -0.3 is 9.84 Å². The summed E-state index contributed by atoms with van der Waals surface area (Å²) in [5.41, 5.74) is 2.66. The first-order valence-electron chi connectivity index (χ1n) is 11.3. The second-order valence-corrected chi connectivity index (χ2v) is 8.91. The van der Waals surface area contributed by atoms with Crippen molar-refractivity contribution in [2.75, 3.05) is 20.2 Å². The number of phenolic OH excluding ortho intramolecular Hbond substituents is 1. The number of likely N-dealkylation sites (tertiary alicyclic amines) is 1. The molecule has 1 aliphatic heterocycles. The highest BCUT2D eigenvalue weighted by molar-refractivity contribution is 5.69. The molecule has 1 N–H and O–H groups in total. The molecule has 2 bridgehead atoms. The summed E-state index contributed by atoms with van der Waals surface area (Å²) >= 11 is 0. The van der Waals surface area contributed by atoms with Gasteiger partial charge in [-0.25, -0.2) is 0 Å². The van der Waals surface area contributed by atoms with Crippen molar-refractivity contribution in [1.82, 2.24) is 4.90 Å². The van der Waals surface area contributed by atoms with Gasteiger partial charge in [0.1, 0.15) is 5.75 Å². The van der Waals surface area contributed by atoms with Crippen molar-refractivity contribution >= 4 is 5.97 Å². The van der Waals surface area contributed by atoms with Crippen LogP contribution in [0.1, 0.15) is 49.7 Å². The minimum absolute atomic E-state index is 0.0406. The van der Waals surface area contributed by atoms with Gasteiger partial charge in [-0.05, 0) is 67.8 Å². The maximum Gasteiger partial charge on any atom is 0.305 e. The zero-order valence-electron chi connectivity index (χ0n) is 17.9. The van der Waals surface area contributed by atoms with Gasteiger partial charge >= 0.3 is 5.97 Å². The average Bonchev–Trinajstić information content (AvgIpc) is 2.77. The van der Waals surface area contributed by atoms with Gasteiger partial charge in [0.05, 0.1) is 7.11 Å². The van der Waals surface area contributed by atoms with E-state index in [1.165, 1.54) is 31.1 Å². The summed E-state index contributed by atoms with van der Waals surface area (Å²) in [6.45, 7) is 2.13. The van der Waals surface area contributed by atoms with Crippen molar-refractivity contribution in [1.29, 1.82) is 0 Å². The molecule has 4 heteroatoms. The summed E-state index contributed by atoms with van der Waals surface area (Å²) < 4.78 is 4.96. The van der Waals surface area contributed by atoms with Gasteiger partial charge in [0, 0.05) is 24.4 Å². The molecule has 160 valence electrons. The van der Waals surface area contributed by atoms with Crippen LogP contribution in [-0.4, -0.2) is 42.2 Å². The van der Waals surface area contributed by atoms with Crippen LogP contribution in [0.2, 0.25) is 0 Å². The number of hydrogen-bond acceptors (Lipinski definition) is 4. The fourth-order valence-electron chi connectivity index (χ4n) is 6.00. The van der Waals surface area contributed by atoms with Crippen LogP contribution >= 0.6 is 0 Å². The number of rotatable bonds is 7. The van der Waals surface area contributed by atoms with Crippen LogP contribution in [0, 0.1) is 5.92 Å². The molecular formula is C26H33NO3. The molecule has 4 rings (SSSR count). The zero-order valence-corrected chi connectivity index (χ0v) is 17.9. The molecule has 2 aromatic carbocycles. The molecule has 1 aliphatic carbocycles. The van der Waals surface area contributed by atoms with Gasteiger partial charge in [-0.1, -0.05) is 48.9 Å². The largest absolute Gasteiger partial charge is 0.508 e. The molecule has 0 radical (unpaired) electrons. The van der Waals surface area contributed by atoms with Gasteiger partial charge in [0.25, 0.3) is 0 Å². The number of piperidine rings is 1. The Kier molecular flexibility index (Phi) is 6.43. The number of benzene rings is 2. The van der Waals surface area contributed by atoms with Crippen molar-refractivity contribution < 1.29 is 14.6 Å². The molecule has 0 amide bonds. The Morgan fingerprint density at radius 1 is 1.17 bits per heavy atom. The van der Waals surface area contributed by atoms with Crippen LogP contribution in [0.5, 0.6) is 5.75 Å². The molecule has 4 nitrogen and oxygen atoms in total. The van der Waals surface area contributed by atoms with E-state index in [-0.39, 0.29) is 11.4 Å². The summed E-state index contributed by atoms with van der Waals surface area (Å²) in [5, 5.41) is 10.2. The number of methoxy groups -OCH3 is 1. The normalized spacial score (nSPS) is 26.3. The van der Waals surface area contributed by atoms with E-state index >= 15 is 0 Å². The topological polar surface area (TPSA) is 49.8 Å². The highest BCUT2D eigenvalue weighted by Crippen LogP contribution is 2.53. The lowest BCUT2D eigenvalue weighted by Crippen LogP contribution is -2.59. The SMILES string of the molecule is COC(=O)CC[C@H]1[C@@H]2CCC[C@@]1(c1cccc(O)c1)CCN2CCc1ccccc1. The van der Waals surface area contributed by atoms with E-state index in [1.807, 2.05) is 12.1 Å². The lowest BCUT2D eigenvalue weighted by atomic mass is 9.55. The maximum atomic E-state index is 12.0. The molecule has 0 spiro atoms. The molecule has 2 fully saturated rings. The van der Waals surface area contributed by atoms with Crippen LogP contribution in [0.15, 0.2) is 54.6 Å². The average molecular weight is 408 g/mol. The molecule has 30 heavy (non-hydrogen) atoms. The Morgan fingerprint density at radius 2 is 2.00 bits per heavy atom. The van der Waals surface area contributed by atoms with E-state index in [1.54, 1.807) is 6.07 Å². The molecule has 1 saturated carbocycles. The van der Waals surface area contributed by atoms with Gasteiger partial charge in [0.2, 0.25) is 0 Å². The van der Waals surface area contributed by atoms with Crippen molar-refractivity contribution in [3.8, 4) is 5.75 Å². The Hall–Kier alpha value is -2.33. The Bertz CT molecular complexity index is 852. The van der Waals surface area contributed by atoms with Crippen LogP contribution in [0.4, 0.5) is 0 Å². The minimum atomic E-state index is -0.124. The summed E-state index contributed by atoms with van der Waals surface area (Å²) in [5.74, 6) is 0.611. The zero-order chi connectivity index (χ0) is 21.0. The summed E-state index contributed by atoms with van der Waals surface area (Å²) in [7, 11) is 1.47. The molecule has 1 heterocycles. The first-order valence-corrected chi connectivity index (χ1v) is 11.3. The van der Waals surface area contributed by atoms with E-state index in [0.29, 0.717) is 24.1 Å². The standard InChI is InChI=1S/C26H33NO3/c1-30-25(29)13-12-23-24-11-6-15-26(23,21-9-5-10-22(28)19-21)16-18-27(24)17-14-20-7-3-2-4-8-20/h2-5,7-10,19,23-24,28H,6,11-18H2,1H3/t23-,24-,26-/m0/s1. The minimum Gasteiger partial charge on any atom is -0.508 e. The monoisotopic (exact) mass is 407 g/mol. The number of fused-ring (bicyclic) bond motifs is 2. The predicted molar refractivity (Wildman–Crippen MR) is 118 cm³/mol. The van der Waals surface area contributed by atoms with Gasteiger partial charge in [-0.15, -0.1) is 0 Å². The third-order valence-corrected chi connectivity index (χ3v) is 7.45.